The second kappa shape index (κ2) is 6.61. The van der Waals surface area contributed by atoms with Gasteiger partial charge < -0.3 is 11.1 Å². The van der Waals surface area contributed by atoms with Crippen molar-refractivity contribution in [2.24, 2.45) is 11.7 Å². The van der Waals surface area contributed by atoms with Gasteiger partial charge in [-0.3, -0.25) is 9.59 Å². The molecule has 19 heavy (non-hydrogen) atoms. The molecule has 1 aromatic rings. The van der Waals surface area contributed by atoms with Gasteiger partial charge in [-0.25, -0.2) is 0 Å². The minimum absolute atomic E-state index is 0.0861. The van der Waals surface area contributed by atoms with Gasteiger partial charge in [-0.1, -0.05) is 12.1 Å². The molecule has 0 atom stereocenters. The first-order valence-corrected chi connectivity index (χ1v) is 7.54. The zero-order chi connectivity index (χ0) is 13.7. The Hall–Kier alpha value is -1.49. The molecule has 0 aliphatic heterocycles. The van der Waals surface area contributed by atoms with Crippen LogP contribution in [0.2, 0.25) is 0 Å². The molecule has 0 saturated heterocycles. The van der Waals surface area contributed by atoms with E-state index in [1.807, 2.05) is 12.1 Å². The highest BCUT2D eigenvalue weighted by Crippen LogP contribution is 2.27. The molecule has 0 spiro atoms. The van der Waals surface area contributed by atoms with Crippen molar-refractivity contribution in [3.63, 3.8) is 0 Å². The Bertz CT molecular complexity index is 472. The number of rotatable bonds is 7. The monoisotopic (exact) mass is 278 g/mol. The summed E-state index contributed by atoms with van der Waals surface area (Å²) in [6.45, 7) is 0.816. The third-order valence-electron chi connectivity index (χ3n) is 3.00. The Morgan fingerprint density at radius 2 is 2.16 bits per heavy atom. The summed E-state index contributed by atoms with van der Waals surface area (Å²) in [5, 5.41) is 2.93. The maximum Gasteiger partial charge on any atom is 0.248 e. The van der Waals surface area contributed by atoms with E-state index in [-0.39, 0.29) is 5.91 Å². The molecule has 0 unspecified atom stereocenters. The summed E-state index contributed by atoms with van der Waals surface area (Å²) < 4.78 is 0. The van der Waals surface area contributed by atoms with Crippen LogP contribution in [0.4, 0.5) is 0 Å². The molecular weight excluding hydrogens is 260 g/mol. The van der Waals surface area contributed by atoms with Gasteiger partial charge in [0.15, 0.2) is 0 Å². The molecule has 0 aromatic heterocycles. The van der Waals surface area contributed by atoms with Crippen LogP contribution in [-0.4, -0.2) is 24.1 Å². The van der Waals surface area contributed by atoms with Crippen molar-refractivity contribution in [1.82, 2.24) is 5.32 Å². The Morgan fingerprint density at radius 3 is 2.84 bits per heavy atom. The maximum absolute atomic E-state index is 11.5. The number of nitrogens with two attached hydrogens (primary N) is 1. The van der Waals surface area contributed by atoms with Crippen LogP contribution in [0.1, 0.15) is 28.8 Å². The van der Waals surface area contributed by atoms with E-state index in [0.717, 1.165) is 12.1 Å². The minimum atomic E-state index is -0.422. The number of primary amides is 1. The van der Waals surface area contributed by atoms with Gasteiger partial charge in [-0.2, -0.15) is 0 Å². The maximum atomic E-state index is 11.5. The highest BCUT2D eigenvalue weighted by atomic mass is 32.2. The molecule has 2 rings (SSSR count). The molecule has 2 amide bonds. The summed E-state index contributed by atoms with van der Waals surface area (Å²) in [5.41, 5.74) is 6.74. The van der Waals surface area contributed by atoms with Crippen molar-refractivity contribution in [2.45, 2.75) is 18.6 Å². The topological polar surface area (TPSA) is 72.2 Å². The number of amides is 2. The van der Waals surface area contributed by atoms with Crippen molar-refractivity contribution in [3.05, 3.63) is 35.4 Å². The predicted molar refractivity (Wildman–Crippen MR) is 76.9 cm³/mol. The van der Waals surface area contributed by atoms with E-state index in [2.05, 4.69) is 5.32 Å². The summed E-state index contributed by atoms with van der Waals surface area (Å²) >= 11 is 1.54. The predicted octanol–water partition coefficient (Wildman–Crippen LogP) is 1.54. The summed E-state index contributed by atoms with van der Waals surface area (Å²) in [4.78, 5) is 22.6. The molecule has 4 nitrogen and oxygen atoms in total. The van der Waals surface area contributed by atoms with E-state index in [1.54, 1.807) is 23.9 Å². The largest absolute Gasteiger partial charge is 0.366 e. The first-order chi connectivity index (χ1) is 9.15. The number of hydrogen-bond acceptors (Lipinski definition) is 3. The third kappa shape index (κ3) is 4.95. The fraction of sp³-hybridized carbons (Fsp3) is 0.429. The molecule has 1 saturated carbocycles. The quantitative estimate of drug-likeness (QED) is 0.794. The van der Waals surface area contributed by atoms with Gasteiger partial charge >= 0.3 is 0 Å². The highest BCUT2D eigenvalue weighted by molar-refractivity contribution is 7.99. The van der Waals surface area contributed by atoms with E-state index in [1.165, 1.54) is 12.8 Å². The van der Waals surface area contributed by atoms with Crippen molar-refractivity contribution in [1.29, 1.82) is 0 Å². The van der Waals surface area contributed by atoms with Crippen LogP contribution in [0, 0.1) is 5.92 Å². The van der Waals surface area contributed by atoms with Crippen LogP contribution < -0.4 is 11.1 Å². The number of nitrogens with one attached hydrogen (secondary N) is 1. The fourth-order valence-electron chi connectivity index (χ4n) is 1.71. The number of carbonyl (C=O) groups excluding carboxylic acids is 2. The molecule has 0 heterocycles. The van der Waals surface area contributed by atoms with E-state index >= 15 is 0 Å². The van der Waals surface area contributed by atoms with Gasteiger partial charge in [0.1, 0.15) is 0 Å². The van der Waals surface area contributed by atoms with Gasteiger partial charge in [0.05, 0.1) is 5.75 Å². The number of benzene rings is 1. The lowest BCUT2D eigenvalue weighted by atomic mass is 10.1. The summed E-state index contributed by atoms with van der Waals surface area (Å²) in [6.07, 6.45) is 2.49. The second-order valence-corrected chi connectivity index (χ2v) is 5.79. The molecule has 1 aromatic carbocycles. The smallest absolute Gasteiger partial charge is 0.248 e. The molecule has 1 aliphatic carbocycles. The first-order valence-electron chi connectivity index (χ1n) is 6.38. The average molecular weight is 278 g/mol. The van der Waals surface area contributed by atoms with Crippen molar-refractivity contribution >= 4 is 23.6 Å². The summed E-state index contributed by atoms with van der Waals surface area (Å²) in [5.74, 6) is 1.53. The van der Waals surface area contributed by atoms with Crippen molar-refractivity contribution < 1.29 is 9.59 Å². The molecule has 1 aliphatic rings. The molecule has 1 fully saturated rings. The van der Waals surface area contributed by atoms with E-state index in [4.69, 9.17) is 5.73 Å². The van der Waals surface area contributed by atoms with Crippen LogP contribution in [-0.2, 0) is 10.5 Å². The minimum Gasteiger partial charge on any atom is -0.366 e. The second-order valence-electron chi connectivity index (χ2n) is 4.80. The molecule has 102 valence electrons. The molecule has 3 N–H and O–H groups in total. The lowest BCUT2D eigenvalue weighted by Crippen LogP contribution is -2.27. The third-order valence-corrected chi connectivity index (χ3v) is 4.00. The van der Waals surface area contributed by atoms with Gasteiger partial charge in [-0.05, 0) is 36.5 Å². The normalized spacial score (nSPS) is 14.1. The Kier molecular flexibility index (Phi) is 4.85. The van der Waals surface area contributed by atoms with Gasteiger partial charge in [0, 0.05) is 17.9 Å². The Labute approximate surface area is 117 Å². The lowest BCUT2D eigenvalue weighted by molar-refractivity contribution is -0.118. The molecule has 0 radical (unpaired) electrons. The average Bonchev–Trinajstić information content (AvgIpc) is 3.21. The number of hydrogen-bond donors (Lipinski definition) is 2. The lowest BCUT2D eigenvalue weighted by Gasteiger charge is -2.05. The molecule has 0 bridgehead atoms. The van der Waals surface area contributed by atoms with Crippen molar-refractivity contribution in [2.75, 3.05) is 12.3 Å². The summed E-state index contributed by atoms with van der Waals surface area (Å²) in [6, 6.07) is 7.21. The van der Waals surface area contributed by atoms with E-state index in [0.29, 0.717) is 23.0 Å². The Balaban J connectivity index is 1.70. The van der Waals surface area contributed by atoms with Crippen LogP contribution in [0.5, 0.6) is 0 Å². The fourth-order valence-corrected chi connectivity index (χ4v) is 2.51. The molecule has 5 heteroatoms. The summed E-state index contributed by atoms with van der Waals surface area (Å²) in [7, 11) is 0. The zero-order valence-corrected chi connectivity index (χ0v) is 11.5. The van der Waals surface area contributed by atoms with Gasteiger partial charge in [0.25, 0.3) is 0 Å². The van der Waals surface area contributed by atoms with E-state index < -0.39 is 5.91 Å². The van der Waals surface area contributed by atoms with Crippen LogP contribution in [0.15, 0.2) is 24.3 Å². The van der Waals surface area contributed by atoms with E-state index in [9.17, 15) is 9.59 Å². The molecular formula is C14H18N2O2S. The number of thioether (sulfide) groups is 1. The first kappa shape index (κ1) is 13.9. The van der Waals surface area contributed by atoms with Crippen LogP contribution in [0.25, 0.3) is 0 Å². The number of carbonyl (C=O) groups is 2. The standard InChI is InChI=1S/C14H18N2O2S/c15-14(18)12-3-1-2-11(6-12)8-19-9-13(17)16-7-10-4-5-10/h1-3,6,10H,4-5,7-9H2,(H2,15,18)(H,16,17). The SMILES string of the molecule is NC(=O)c1cccc(CSCC(=O)NCC2CC2)c1. The highest BCUT2D eigenvalue weighted by Gasteiger charge is 2.21. The van der Waals surface area contributed by atoms with Gasteiger partial charge in [0.2, 0.25) is 11.8 Å². The zero-order valence-electron chi connectivity index (χ0n) is 10.7. The van der Waals surface area contributed by atoms with Crippen molar-refractivity contribution in [3.8, 4) is 0 Å². The Morgan fingerprint density at radius 1 is 1.37 bits per heavy atom. The van der Waals surface area contributed by atoms with Gasteiger partial charge in [-0.15, -0.1) is 11.8 Å². The van der Waals surface area contributed by atoms with Crippen LogP contribution >= 0.6 is 11.8 Å². The van der Waals surface area contributed by atoms with Crippen LogP contribution in [0.3, 0.4) is 0 Å².